The van der Waals surface area contributed by atoms with Gasteiger partial charge < -0.3 is 15.7 Å². The molecule has 1 aromatic rings. The summed E-state index contributed by atoms with van der Waals surface area (Å²) in [6.45, 7) is 4.14. The molecule has 0 saturated carbocycles. The molecule has 0 aliphatic carbocycles. The van der Waals surface area contributed by atoms with Crippen molar-refractivity contribution in [3.05, 3.63) is 24.0 Å². The predicted octanol–water partition coefficient (Wildman–Crippen LogP) is 1.31. The van der Waals surface area contributed by atoms with Crippen LogP contribution in [0.25, 0.3) is 0 Å². The SMILES string of the molecule is CC[C@H](N)c1ccc(N(C)C(C)CO)cn1. The molecule has 0 radical (unpaired) electrons. The number of rotatable bonds is 5. The molecule has 3 N–H and O–H groups in total. The Bertz CT molecular complexity index is 313. The molecule has 1 aromatic heterocycles. The topological polar surface area (TPSA) is 62.4 Å². The summed E-state index contributed by atoms with van der Waals surface area (Å²) in [7, 11) is 1.94. The second-order valence-corrected chi connectivity index (χ2v) is 4.10. The lowest BCUT2D eigenvalue weighted by Gasteiger charge is -2.25. The van der Waals surface area contributed by atoms with Crippen molar-refractivity contribution in [3.63, 3.8) is 0 Å². The first-order chi connectivity index (χ1) is 7.60. The van der Waals surface area contributed by atoms with Crippen LogP contribution in [0.2, 0.25) is 0 Å². The van der Waals surface area contributed by atoms with E-state index in [9.17, 15) is 0 Å². The van der Waals surface area contributed by atoms with Gasteiger partial charge >= 0.3 is 0 Å². The zero-order chi connectivity index (χ0) is 12.1. The summed E-state index contributed by atoms with van der Waals surface area (Å²) in [5.74, 6) is 0. The van der Waals surface area contributed by atoms with Crippen molar-refractivity contribution in [3.8, 4) is 0 Å². The van der Waals surface area contributed by atoms with Gasteiger partial charge in [-0.05, 0) is 25.5 Å². The zero-order valence-electron chi connectivity index (χ0n) is 10.2. The van der Waals surface area contributed by atoms with Crippen LogP contribution in [0.1, 0.15) is 32.0 Å². The van der Waals surface area contributed by atoms with Crippen LogP contribution in [0.15, 0.2) is 18.3 Å². The van der Waals surface area contributed by atoms with E-state index in [1.807, 2.05) is 37.9 Å². The molecular weight excluding hydrogens is 202 g/mol. The second-order valence-electron chi connectivity index (χ2n) is 4.10. The molecule has 1 rings (SSSR count). The lowest BCUT2D eigenvalue weighted by Crippen LogP contribution is -2.31. The first-order valence-electron chi connectivity index (χ1n) is 5.65. The number of aliphatic hydroxyl groups is 1. The van der Waals surface area contributed by atoms with Crippen LogP contribution in [-0.2, 0) is 0 Å². The van der Waals surface area contributed by atoms with Gasteiger partial charge in [0.2, 0.25) is 0 Å². The normalized spacial score (nSPS) is 14.6. The quantitative estimate of drug-likeness (QED) is 0.790. The van der Waals surface area contributed by atoms with Gasteiger partial charge in [0.15, 0.2) is 0 Å². The van der Waals surface area contributed by atoms with Crippen LogP contribution in [0.5, 0.6) is 0 Å². The summed E-state index contributed by atoms with van der Waals surface area (Å²) in [6, 6.07) is 4.04. The van der Waals surface area contributed by atoms with E-state index in [2.05, 4.69) is 4.98 Å². The maximum Gasteiger partial charge on any atom is 0.0632 e. The summed E-state index contributed by atoms with van der Waals surface area (Å²) in [4.78, 5) is 6.33. The van der Waals surface area contributed by atoms with E-state index < -0.39 is 0 Å². The van der Waals surface area contributed by atoms with E-state index in [-0.39, 0.29) is 18.7 Å². The highest BCUT2D eigenvalue weighted by atomic mass is 16.3. The first-order valence-corrected chi connectivity index (χ1v) is 5.65. The van der Waals surface area contributed by atoms with E-state index in [0.29, 0.717) is 0 Å². The number of hydrogen-bond acceptors (Lipinski definition) is 4. The third-order valence-corrected chi connectivity index (χ3v) is 2.92. The van der Waals surface area contributed by atoms with Gasteiger partial charge in [-0.2, -0.15) is 0 Å². The Morgan fingerprint density at radius 3 is 2.62 bits per heavy atom. The van der Waals surface area contributed by atoms with Crippen LogP contribution < -0.4 is 10.6 Å². The maximum absolute atomic E-state index is 9.07. The summed E-state index contributed by atoms with van der Waals surface area (Å²) in [5.41, 5.74) is 7.80. The number of aliphatic hydroxyl groups excluding tert-OH is 1. The van der Waals surface area contributed by atoms with E-state index >= 15 is 0 Å². The van der Waals surface area contributed by atoms with Crippen molar-refractivity contribution in [2.24, 2.45) is 5.73 Å². The van der Waals surface area contributed by atoms with Crippen LogP contribution in [0.4, 0.5) is 5.69 Å². The van der Waals surface area contributed by atoms with Gasteiger partial charge in [-0.15, -0.1) is 0 Å². The number of aromatic nitrogens is 1. The maximum atomic E-state index is 9.07. The number of likely N-dealkylation sites (N-methyl/N-ethyl adjacent to an activating group) is 1. The van der Waals surface area contributed by atoms with Gasteiger partial charge in [-0.3, -0.25) is 4.98 Å². The number of anilines is 1. The van der Waals surface area contributed by atoms with Crippen molar-refractivity contribution in [2.45, 2.75) is 32.4 Å². The number of hydrogen-bond donors (Lipinski definition) is 2. The Morgan fingerprint density at radius 1 is 1.50 bits per heavy atom. The lowest BCUT2D eigenvalue weighted by molar-refractivity contribution is 0.270. The minimum Gasteiger partial charge on any atom is -0.394 e. The van der Waals surface area contributed by atoms with Gasteiger partial charge in [0.1, 0.15) is 0 Å². The van der Waals surface area contributed by atoms with Crippen LogP contribution in [-0.4, -0.2) is 29.8 Å². The minimum absolute atomic E-state index is 0.00891. The molecule has 16 heavy (non-hydrogen) atoms. The van der Waals surface area contributed by atoms with Crippen molar-refractivity contribution in [2.75, 3.05) is 18.6 Å². The molecule has 0 aliphatic rings. The Hall–Kier alpha value is -1.13. The second kappa shape index (κ2) is 5.82. The number of nitrogens with two attached hydrogens (primary N) is 1. The third kappa shape index (κ3) is 2.93. The highest BCUT2D eigenvalue weighted by molar-refractivity contribution is 5.44. The molecule has 0 fully saturated rings. The molecule has 0 aromatic carbocycles. The Balaban J connectivity index is 2.78. The van der Waals surface area contributed by atoms with Gasteiger partial charge in [-0.1, -0.05) is 6.92 Å². The molecule has 0 amide bonds. The van der Waals surface area contributed by atoms with E-state index in [0.717, 1.165) is 17.8 Å². The molecule has 0 aliphatic heterocycles. The van der Waals surface area contributed by atoms with Gasteiger partial charge in [0.25, 0.3) is 0 Å². The smallest absolute Gasteiger partial charge is 0.0632 e. The molecule has 1 unspecified atom stereocenters. The van der Waals surface area contributed by atoms with E-state index in [1.165, 1.54) is 0 Å². The Morgan fingerprint density at radius 2 is 2.19 bits per heavy atom. The molecule has 0 bridgehead atoms. The molecule has 90 valence electrons. The summed E-state index contributed by atoms with van der Waals surface area (Å²) < 4.78 is 0. The Kier molecular flexibility index (Phi) is 4.71. The highest BCUT2D eigenvalue weighted by Crippen LogP contribution is 2.17. The monoisotopic (exact) mass is 223 g/mol. The Labute approximate surface area is 97.1 Å². The fraction of sp³-hybridized carbons (Fsp3) is 0.583. The van der Waals surface area contributed by atoms with E-state index in [1.54, 1.807) is 6.20 Å². The van der Waals surface area contributed by atoms with Crippen molar-refractivity contribution < 1.29 is 5.11 Å². The fourth-order valence-corrected chi connectivity index (χ4v) is 1.41. The number of nitrogens with zero attached hydrogens (tertiary/aromatic N) is 2. The molecule has 1 heterocycles. The van der Waals surface area contributed by atoms with Crippen molar-refractivity contribution >= 4 is 5.69 Å². The summed E-state index contributed by atoms with van der Waals surface area (Å²) >= 11 is 0. The van der Waals surface area contributed by atoms with Gasteiger partial charge in [0.05, 0.1) is 24.2 Å². The average molecular weight is 223 g/mol. The molecule has 4 heteroatoms. The van der Waals surface area contributed by atoms with Crippen LogP contribution >= 0.6 is 0 Å². The van der Waals surface area contributed by atoms with Crippen LogP contribution in [0.3, 0.4) is 0 Å². The zero-order valence-corrected chi connectivity index (χ0v) is 10.2. The largest absolute Gasteiger partial charge is 0.394 e. The fourth-order valence-electron chi connectivity index (χ4n) is 1.41. The average Bonchev–Trinajstić information content (AvgIpc) is 2.36. The van der Waals surface area contributed by atoms with E-state index in [4.69, 9.17) is 10.8 Å². The lowest BCUT2D eigenvalue weighted by atomic mass is 10.1. The summed E-state index contributed by atoms with van der Waals surface area (Å²) in [6.07, 6.45) is 2.69. The molecule has 4 nitrogen and oxygen atoms in total. The summed E-state index contributed by atoms with van der Waals surface area (Å²) in [5, 5.41) is 9.07. The van der Waals surface area contributed by atoms with Crippen molar-refractivity contribution in [1.29, 1.82) is 0 Å². The van der Waals surface area contributed by atoms with Gasteiger partial charge in [-0.25, -0.2) is 0 Å². The molecule has 0 saturated heterocycles. The first kappa shape index (κ1) is 12.9. The number of pyridine rings is 1. The molecular formula is C12H21N3O. The van der Waals surface area contributed by atoms with Crippen molar-refractivity contribution in [1.82, 2.24) is 4.98 Å². The standard InChI is InChI=1S/C12H21N3O/c1-4-11(13)12-6-5-10(7-14-12)15(3)9(2)8-16/h5-7,9,11,16H,4,8,13H2,1-3H3/t9?,11-/m0/s1. The minimum atomic E-state index is 0.00891. The molecule has 2 atom stereocenters. The van der Waals surface area contributed by atoms with Gasteiger partial charge in [0, 0.05) is 19.1 Å². The van der Waals surface area contributed by atoms with Crippen LogP contribution in [0, 0.1) is 0 Å². The predicted molar refractivity (Wildman–Crippen MR) is 66.4 cm³/mol. The molecule has 0 spiro atoms. The third-order valence-electron chi connectivity index (χ3n) is 2.92. The highest BCUT2D eigenvalue weighted by Gasteiger charge is 2.10.